The topological polar surface area (TPSA) is 33.1 Å². The Bertz CT molecular complexity index is 409. The molecule has 0 atom stereocenters. The van der Waals surface area contributed by atoms with Crippen LogP contribution in [0.5, 0.6) is 0 Å². The van der Waals surface area contributed by atoms with E-state index in [1.165, 1.54) is 11.4 Å². The maximum Gasteiger partial charge on any atom is 0.131 e. The van der Waals surface area contributed by atoms with Gasteiger partial charge < -0.3 is 10.2 Å². The Morgan fingerprint density at radius 2 is 1.70 bits per heavy atom. The Morgan fingerprint density at radius 1 is 1.15 bits per heavy atom. The minimum absolute atomic E-state index is 0.125. The summed E-state index contributed by atoms with van der Waals surface area (Å²) in [7, 11) is 2.06. The Morgan fingerprint density at radius 3 is 2.15 bits per heavy atom. The second-order valence-corrected chi connectivity index (χ2v) is 6.60. The zero-order chi connectivity index (χ0) is 15.3. The fraction of sp³-hybridized carbons (Fsp3) is 0.812. The van der Waals surface area contributed by atoms with Gasteiger partial charge in [-0.1, -0.05) is 13.8 Å². The third-order valence-corrected chi connectivity index (χ3v) is 3.40. The number of anilines is 1. The molecule has 20 heavy (non-hydrogen) atoms. The van der Waals surface area contributed by atoms with Gasteiger partial charge in [-0.3, -0.25) is 4.68 Å². The lowest BCUT2D eigenvalue weighted by Gasteiger charge is -2.27. The van der Waals surface area contributed by atoms with E-state index >= 15 is 0 Å². The number of aromatic nitrogens is 2. The predicted molar refractivity (Wildman–Crippen MR) is 87.3 cm³/mol. The van der Waals surface area contributed by atoms with Gasteiger partial charge in [-0.15, -0.1) is 0 Å². The van der Waals surface area contributed by atoms with Crippen molar-refractivity contribution in [2.75, 3.05) is 18.0 Å². The van der Waals surface area contributed by atoms with Gasteiger partial charge >= 0.3 is 0 Å². The third kappa shape index (κ3) is 4.51. The molecule has 0 aliphatic rings. The van der Waals surface area contributed by atoms with E-state index in [1.807, 2.05) is 4.68 Å². The van der Waals surface area contributed by atoms with Crippen molar-refractivity contribution in [3.8, 4) is 0 Å². The van der Waals surface area contributed by atoms with Crippen LogP contribution in [0.4, 0.5) is 5.82 Å². The quantitative estimate of drug-likeness (QED) is 0.832. The molecule has 0 aliphatic heterocycles. The van der Waals surface area contributed by atoms with E-state index in [2.05, 4.69) is 63.9 Å². The molecule has 0 fully saturated rings. The summed E-state index contributed by atoms with van der Waals surface area (Å²) in [6, 6.07) is 0. The van der Waals surface area contributed by atoms with Crippen molar-refractivity contribution in [3.63, 3.8) is 0 Å². The maximum absolute atomic E-state index is 4.63. The summed E-state index contributed by atoms with van der Waals surface area (Å²) in [5.74, 6) is 1.28. The summed E-state index contributed by atoms with van der Waals surface area (Å²) in [6.45, 7) is 16.3. The predicted octanol–water partition coefficient (Wildman–Crippen LogP) is 3.24. The van der Waals surface area contributed by atoms with E-state index in [0.717, 1.165) is 38.2 Å². The first kappa shape index (κ1) is 17.0. The average Bonchev–Trinajstić information content (AvgIpc) is 2.60. The van der Waals surface area contributed by atoms with Gasteiger partial charge in [-0.05, 0) is 40.5 Å². The molecule has 0 saturated carbocycles. The minimum atomic E-state index is 0.125. The number of rotatable bonds is 7. The zero-order valence-corrected chi connectivity index (χ0v) is 14.4. The van der Waals surface area contributed by atoms with E-state index in [-0.39, 0.29) is 5.54 Å². The third-order valence-electron chi connectivity index (χ3n) is 3.40. The molecule has 4 heteroatoms. The zero-order valence-electron chi connectivity index (χ0n) is 14.4. The summed E-state index contributed by atoms with van der Waals surface area (Å²) in [5, 5.41) is 8.22. The first-order valence-electron chi connectivity index (χ1n) is 7.82. The number of nitrogens with zero attached hydrogens (tertiary/aromatic N) is 3. The Balaban J connectivity index is 3.03. The standard InChI is InChI=1S/C16H32N4/c1-8-10-20(11-9-2)15-14(12-17-16(4,5)6)13(3)18-19(15)7/h17H,8-12H2,1-7H3. The van der Waals surface area contributed by atoms with Crippen LogP contribution < -0.4 is 10.2 Å². The molecule has 1 aromatic heterocycles. The lowest BCUT2D eigenvalue weighted by atomic mass is 10.1. The molecule has 4 nitrogen and oxygen atoms in total. The van der Waals surface area contributed by atoms with Crippen molar-refractivity contribution in [2.45, 2.75) is 66.5 Å². The van der Waals surface area contributed by atoms with Gasteiger partial charge in [0.05, 0.1) is 5.69 Å². The van der Waals surface area contributed by atoms with E-state index in [0.29, 0.717) is 0 Å². The molecular weight excluding hydrogens is 248 g/mol. The highest BCUT2D eigenvalue weighted by atomic mass is 15.4. The minimum Gasteiger partial charge on any atom is -0.357 e. The van der Waals surface area contributed by atoms with Crippen LogP contribution in [0.2, 0.25) is 0 Å². The molecule has 1 heterocycles. The van der Waals surface area contributed by atoms with Gasteiger partial charge in [0.2, 0.25) is 0 Å². The fourth-order valence-electron chi connectivity index (χ4n) is 2.51. The van der Waals surface area contributed by atoms with Gasteiger partial charge in [0.25, 0.3) is 0 Å². The molecule has 0 unspecified atom stereocenters. The number of hydrogen-bond donors (Lipinski definition) is 1. The average molecular weight is 280 g/mol. The summed E-state index contributed by atoms with van der Waals surface area (Å²) in [6.07, 6.45) is 2.33. The van der Waals surface area contributed by atoms with E-state index in [1.54, 1.807) is 0 Å². The molecule has 1 N–H and O–H groups in total. The van der Waals surface area contributed by atoms with Crippen LogP contribution in [0.25, 0.3) is 0 Å². The molecule has 0 spiro atoms. The summed E-state index contributed by atoms with van der Waals surface area (Å²) in [5.41, 5.74) is 2.60. The normalized spacial score (nSPS) is 11.9. The van der Waals surface area contributed by atoms with Gasteiger partial charge in [0, 0.05) is 37.8 Å². The Hall–Kier alpha value is -1.03. The SMILES string of the molecule is CCCN(CCC)c1c(CNC(C)(C)C)c(C)nn1C. The van der Waals surface area contributed by atoms with Crippen LogP contribution in [-0.4, -0.2) is 28.4 Å². The van der Waals surface area contributed by atoms with Crippen molar-refractivity contribution < 1.29 is 0 Å². The second-order valence-electron chi connectivity index (χ2n) is 6.60. The lowest BCUT2D eigenvalue weighted by Crippen LogP contribution is -2.36. The van der Waals surface area contributed by atoms with Crippen molar-refractivity contribution >= 4 is 5.82 Å². The number of nitrogens with one attached hydrogen (secondary N) is 1. The van der Waals surface area contributed by atoms with E-state index in [4.69, 9.17) is 0 Å². The first-order chi connectivity index (χ1) is 9.30. The molecule has 0 radical (unpaired) electrons. The van der Waals surface area contributed by atoms with Crippen LogP contribution in [0.3, 0.4) is 0 Å². The van der Waals surface area contributed by atoms with Crippen LogP contribution in [-0.2, 0) is 13.6 Å². The number of hydrogen-bond acceptors (Lipinski definition) is 3. The molecule has 0 amide bonds. The highest BCUT2D eigenvalue weighted by molar-refractivity contribution is 5.50. The summed E-state index contributed by atoms with van der Waals surface area (Å²) in [4.78, 5) is 2.47. The smallest absolute Gasteiger partial charge is 0.131 e. The first-order valence-corrected chi connectivity index (χ1v) is 7.82. The maximum atomic E-state index is 4.63. The van der Waals surface area contributed by atoms with Crippen LogP contribution in [0.1, 0.15) is 58.7 Å². The van der Waals surface area contributed by atoms with Crippen LogP contribution in [0.15, 0.2) is 0 Å². The highest BCUT2D eigenvalue weighted by Crippen LogP contribution is 2.24. The molecule has 0 aromatic carbocycles. The summed E-state index contributed by atoms with van der Waals surface area (Å²) >= 11 is 0. The van der Waals surface area contributed by atoms with Gasteiger partial charge in [-0.2, -0.15) is 5.10 Å². The lowest BCUT2D eigenvalue weighted by molar-refractivity contribution is 0.423. The molecule has 0 saturated heterocycles. The molecule has 0 aliphatic carbocycles. The highest BCUT2D eigenvalue weighted by Gasteiger charge is 2.20. The van der Waals surface area contributed by atoms with Crippen LogP contribution >= 0.6 is 0 Å². The Labute approximate surface area is 124 Å². The molecule has 116 valence electrons. The van der Waals surface area contributed by atoms with Crippen LogP contribution in [0, 0.1) is 6.92 Å². The molecule has 1 aromatic rings. The fourth-order valence-corrected chi connectivity index (χ4v) is 2.51. The molecule has 0 bridgehead atoms. The molecule has 1 rings (SSSR count). The van der Waals surface area contributed by atoms with Crippen molar-refractivity contribution in [2.24, 2.45) is 7.05 Å². The van der Waals surface area contributed by atoms with Gasteiger partial charge in [0.1, 0.15) is 5.82 Å². The van der Waals surface area contributed by atoms with Crippen molar-refractivity contribution in [1.29, 1.82) is 0 Å². The van der Waals surface area contributed by atoms with E-state index < -0.39 is 0 Å². The van der Waals surface area contributed by atoms with Gasteiger partial charge in [0.15, 0.2) is 0 Å². The van der Waals surface area contributed by atoms with E-state index in [9.17, 15) is 0 Å². The second kappa shape index (κ2) is 7.11. The summed E-state index contributed by atoms with van der Waals surface area (Å²) < 4.78 is 2.04. The van der Waals surface area contributed by atoms with Gasteiger partial charge in [-0.25, -0.2) is 0 Å². The van der Waals surface area contributed by atoms with Crippen molar-refractivity contribution in [1.82, 2.24) is 15.1 Å². The number of aryl methyl sites for hydroxylation is 2. The Kier molecular flexibility index (Phi) is 6.06. The monoisotopic (exact) mass is 280 g/mol. The van der Waals surface area contributed by atoms with Crippen molar-refractivity contribution in [3.05, 3.63) is 11.3 Å². The largest absolute Gasteiger partial charge is 0.357 e. The molecular formula is C16H32N4.